The molecule has 2 atom stereocenters. The second kappa shape index (κ2) is 4.41. The average Bonchev–Trinajstić information content (AvgIpc) is 2.43. The van der Waals surface area contributed by atoms with Crippen LogP contribution >= 0.6 is 0 Å². The maximum atomic E-state index is 10.9. The minimum Gasteiger partial charge on any atom is -0.480 e. The van der Waals surface area contributed by atoms with E-state index in [1.54, 1.807) is 0 Å². The highest BCUT2D eigenvalue weighted by atomic mass is 16.4. The number of aliphatic carboxylic acids is 1. The second-order valence-corrected chi connectivity index (χ2v) is 3.80. The van der Waals surface area contributed by atoms with Crippen molar-refractivity contribution in [3.05, 3.63) is 0 Å². The van der Waals surface area contributed by atoms with E-state index >= 15 is 0 Å². The van der Waals surface area contributed by atoms with Crippen LogP contribution in [0.4, 0.5) is 0 Å². The number of nitrogens with zero attached hydrogens (tertiary/aromatic N) is 1. The average molecular weight is 200 g/mol. The first-order valence-corrected chi connectivity index (χ1v) is 4.77. The molecule has 80 valence electrons. The lowest BCUT2D eigenvalue weighted by molar-refractivity contribution is -0.143. The Kier molecular flexibility index (Phi) is 3.46. The van der Waals surface area contributed by atoms with Crippen molar-refractivity contribution >= 4 is 11.9 Å². The fourth-order valence-corrected chi connectivity index (χ4v) is 1.93. The first-order chi connectivity index (χ1) is 6.52. The number of primary amides is 1. The van der Waals surface area contributed by atoms with E-state index in [-0.39, 0.29) is 18.2 Å². The lowest BCUT2D eigenvalue weighted by atomic mass is 10.0. The molecular formula is C9H16N2O3. The molecule has 1 heterocycles. The normalized spacial score (nSPS) is 27.8. The van der Waals surface area contributed by atoms with Crippen molar-refractivity contribution in [3.63, 3.8) is 0 Å². The number of carboxylic acid groups (broad SMARTS) is 1. The summed E-state index contributed by atoms with van der Waals surface area (Å²) < 4.78 is 0. The Balaban J connectivity index is 2.51. The number of carboxylic acids is 1. The summed E-state index contributed by atoms with van der Waals surface area (Å²) >= 11 is 0. The molecule has 1 rings (SSSR count). The molecule has 0 radical (unpaired) electrons. The number of rotatable bonds is 4. The summed E-state index contributed by atoms with van der Waals surface area (Å²) in [6.07, 6.45) is 1.10. The van der Waals surface area contributed by atoms with Crippen LogP contribution in [0.5, 0.6) is 0 Å². The molecule has 5 nitrogen and oxygen atoms in total. The molecule has 0 aromatic rings. The number of hydrogen-bond acceptors (Lipinski definition) is 3. The van der Waals surface area contributed by atoms with Gasteiger partial charge in [-0.1, -0.05) is 6.92 Å². The monoisotopic (exact) mass is 200 g/mol. The molecule has 3 N–H and O–H groups in total. The second-order valence-electron chi connectivity index (χ2n) is 3.80. The summed E-state index contributed by atoms with van der Waals surface area (Å²) in [6.45, 7) is 3.12. The summed E-state index contributed by atoms with van der Waals surface area (Å²) in [5.41, 5.74) is 5.01. The van der Waals surface area contributed by atoms with Gasteiger partial charge in [-0.2, -0.15) is 0 Å². The summed E-state index contributed by atoms with van der Waals surface area (Å²) in [7, 11) is 0. The number of likely N-dealkylation sites (tertiary alicyclic amines) is 1. The molecule has 2 unspecified atom stereocenters. The van der Waals surface area contributed by atoms with Gasteiger partial charge in [0.25, 0.3) is 0 Å². The number of carbonyl (C=O) groups is 2. The highest BCUT2D eigenvalue weighted by Gasteiger charge is 2.36. The van der Waals surface area contributed by atoms with E-state index in [9.17, 15) is 9.59 Å². The number of carbonyl (C=O) groups excluding carboxylic acids is 1. The third-order valence-corrected chi connectivity index (χ3v) is 2.70. The lowest BCUT2D eigenvalue weighted by Crippen LogP contribution is -2.40. The Bertz CT molecular complexity index is 242. The van der Waals surface area contributed by atoms with Crippen molar-refractivity contribution in [2.24, 2.45) is 11.7 Å². The molecule has 1 fully saturated rings. The molecule has 1 aliphatic rings. The van der Waals surface area contributed by atoms with E-state index < -0.39 is 12.0 Å². The van der Waals surface area contributed by atoms with Crippen molar-refractivity contribution in [2.75, 3.05) is 13.1 Å². The smallest absolute Gasteiger partial charge is 0.321 e. The fourth-order valence-electron chi connectivity index (χ4n) is 1.93. The van der Waals surface area contributed by atoms with E-state index in [2.05, 4.69) is 0 Å². The summed E-state index contributed by atoms with van der Waals surface area (Å²) in [6, 6.07) is -0.450. The zero-order valence-electron chi connectivity index (χ0n) is 8.27. The first kappa shape index (κ1) is 11.0. The van der Waals surface area contributed by atoms with Gasteiger partial charge in [0.2, 0.25) is 5.91 Å². The van der Waals surface area contributed by atoms with Gasteiger partial charge in [-0.15, -0.1) is 0 Å². The maximum absolute atomic E-state index is 10.9. The molecule has 0 spiro atoms. The van der Waals surface area contributed by atoms with Gasteiger partial charge >= 0.3 is 5.97 Å². The van der Waals surface area contributed by atoms with Gasteiger partial charge in [0.15, 0.2) is 0 Å². The Hall–Kier alpha value is -1.10. The van der Waals surface area contributed by atoms with E-state index in [1.807, 2.05) is 11.8 Å². The molecule has 0 aromatic heterocycles. The van der Waals surface area contributed by atoms with Crippen molar-refractivity contribution in [1.29, 1.82) is 0 Å². The van der Waals surface area contributed by atoms with Gasteiger partial charge in [0.05, 0.1) is 0 Å². The molecule has 5 heteroatoms. The number of amides is 1. The van der Waals surface area contributed by atoms with Gasteiger partial charge in [-0.25, -0.2) is 0 Å². The van der Waals surface area contributed by atoms with Crippen LogP contribution in [-0.4, -0.2) is 41.0 Å². The van der Waals surface area contributed by atoms with E-state index in [4.69, 9.17) is 10.8 Å². The van der Waals surface area contributed by atoms with Crippen LogP contribution in [0.3, 0.4) is 0 Å². The minimum absolute atomic E-state index is 0.153. The van der Waals surface area contributed by atoms with Crippen molar-refractivity contribution in [1.82, 2.24) is 4.90 Å². The van der Waals surface area contributed by atoms with E-state index in [1.165, 1.54) is 0 Å². The maximum Gasteiger partial charge on any atom is 0.321 e. The van der Waals surface area contributed by atoms with E-state index in [0.29, 0.717) is 6.54 Å². The zero-order chi connectivity index (χ0) is 10.7. The SMILES string of the molecule is CC1CCN(CCC(N)=O)C1C(=O)O. The van der Waals surface area contributed by atoms with Crippen LogP contribution in [0, 0.1) is 5.92 Å². The number of hydrogen-bond donors (Lipinski definition) is 2. The van der Waals surface area contributed by atoms with Crippen molar-refractivity contribution < 1.29 is 14.7 Å². The molecule has 0 bridgehead atoms. The standard InChI is InChI=1S/C9H16N2O3/c1-6-2-4-11(5-3-7(10)12)8(6)9(13)14/h6,8H,2-5H2,1H3,(H2,10,12)(H,13,14). The molecule has 1 aliphatic heterocycles. The Morgan fingerprint density at radius 3 is 2.71 bits per heavy atom. The van der Waals surface area contributed by atoms with Crippen LogP contribution in [-0.2, 0) is 9.59 Å². The largest absolute Gasteiger partial charge is 0.480 e. The minimum atomic E-state index is -0.806. The van der Waals surface area contributed by atoms with Crippen LogP contribution in [0.15, 0.2) is 0 Å². The van der Waals surface area contributed by atoms with E-state index in [0.717, 1.165) is 13.0 Å². The van der Waals surface area contributed by atoms with Gasteiger partial charge < -0.3 is 10.8 Å². The Morgan fingerprint density at radius 1 is 1.57 bits per heavy atom. The van der Waals surface area contributed by atoms with Crippen LogP contribution in [0.25, 0.3) is 0 Å². The topological polar surface area (TPSA) is 83.6 Å². The summed E-state index contributed by atoms with van der Waals surface area (Å²) in [4.78, 5) is 23.3. The van der Waals surface area contributed by atoms with Gasteiger partial charge in [-0.3, -0.25) is 14.5 Å². The highest BCUT2D eigenvalue weighted by molar-refractivity contribution is 5.75. The summed E-state index contributed by atoms with van der Waals surface area (Å²) in [5.74, 6) is -1.03. The molecule has 0 saturated carbocycles. The quantitative estimate of drug-likeness (QED) is 0.650. The summed E-state index contributed by atoms with van der Waals surface area (Å²) in [5, 5.41) is 8.96. The molecule has 1 saturated heterocycles. The molecule has 1 amide bonds. The van der Waals surface area contributed by atoms with Crippen LogP contribution in [0.1, 0.15) is 19.8 Å². The third kappa shape index (κ3) is 2.45. The third-order valence-electron chi connectivity index (χ3n) is 2.70. The fraction of sp³-hybridized carbons (Fsp3) is 0.778. The molecule has 0 aromatic carbocycles. The van der Waals surface area contributed by atoms with Gasteiger partial charge in [-0.05, 0) is 18.9 Å². The van der Waals surface area contributed by atoms with Gasteiger partial charge in [0.1, 0.15) is 6.04 Å². The highest BCUT2D eigenvalue weighted by Crippen LogP contribution is 2.23. The first-order valence-electron chi connectivity index (χ1n) is 4.77. The molecule has 14 heavy (non-hydrogen) atoms. The predicted molar refractivity (Wildman–Crippen MR) is 50.6 cm³/mol. The molecule has 0 aliphatic carbocycles. The Labute approximate surface area is 82.9 Å². The van der Waals surface area contributed by atoms with Crippen LogP contribution in [0.2, 0.25) is 0 Å². The lowest BCUT2D eigenvalue weighted by Gasteiger charge is -2.22. The van der Waals surface area contributed by atoms with Crippen LogP contribution < -0.4 is 5.73 Å². The van der Waals surface area contributed by atoms with Crippen molar-refractivity contribution in [2.45, 2.75) is 25.8 Å². The number of nitrogens with two attached hydrogens (primary N) is 1. The van der Waals surface area contributed by atoms with Gasteiger partial charge in [0, 0.05) is 13.0 Å². The zero-order valence-corrected chi connectivity index (χ0v) is 8.27. The predicted octanol–water partition coefficient (Wildman–Crippen LogP) is -0.343. The molecular weight excluding hydrogens is 184 g/mol. The Morgan fingerprint density at radius 2 is 2.21 bits per heavy atom. The van der Waals surface area contributed by atoms with Crippen molar-refractivity contribution in [3.8, 4) is 0 Å².